The molecule has 1 atom stereocenters. The minimum atomic E-state index is 0.222. The van der Waals surface area contributed by atoms with E-state index in [1.54, 1.807) is 23.1 Å². The maximum Gasteiger partial charge on any atom is 0.236 e. The Morgan fingerprint density at radius 3 is 2.90 bits per heavy atom. The van der Waals surface area contributed by atoms with Gasteiger partial charge in [0.15, 0.2) is 5.16 Å². The maximum atomic E-state index is 5.90. The van der Waals surface area contributed by atoms with Gasteiger partial charge in [0.25, 0.3) is 0 Å². The number of hydrogen-bond donors (Lipinski definition) is 0. The highest BCUT2D eigenvalue weighted by atomic mass is 32.2. The molecule has 0 aliphatic carbocycles. The number of ether oxygens (including phenoxy) is 2. The van der Waals surface area contributed by atoms with E-state index >= 15 is 0 Å². The molecule has 2 fully saturated rings. The quantitative estimate of drug-likeness (QED) is 0.508. The molecule has 160 valence electrons. The SMILES string of the molecule is Cc1oc(-c2cccs2)nc1CSc1nnc(N2CCOCC2)n1CC1CCCO1. The van der Waals surface area contributed by atoms with Crippen molar-refractivity contribution in [2.24, 2.45) is 0 Å². The number of anilines is 1. The number of thiophene rings is 1. The predicted molar refractivity (Wildman–Crippen MR) is 116 cm³/mol. The zero-order valence-corrected chi connectivity index (χ0v) is 18.6. The van der Waals surface area contributed by atoms with Crippen molar-refractivity contribution in [2.45, 2.75) is 43.3 Å². The highest BCUT2D eigenvalue weighted by Gasteiger charge is 2.25. The smallest absolute Gasteiger partial charge is 0.236 e. The number of rotatable bonds is 7. The molecule has 0 bridgehead atoms. The zero-order chi connectivity index (χ0) is 20.3. The van der Waals surface area contributed by atoms with Crippen molar-refractivity contribution in [1.29, 1.82) is 0 Å². The second-order valence-electron chi connectivity index (χ2n) is 7.42. The van der Waals surface area contributed by atoms with Crippen molar-refractivity contribution < 1.29 is 13.9 Å². The van der Waals surface area contributed by atoms with Gasteiger partial charge in [0, 0.05) is 25.4 Å². The van der Waals surface area contributed by atoms with Crippen LogP contribution in [0.2, 0.25) is 0 Å². The van der Waals surface area contributed by atoms with Gasteiger partial charge in [0.05, 0.1) is 36.4 Å². The lowest BCUT2D eigenvalue weighted by Gasteiger charge is -2.28. The Morgan fingerprint density at radius 2 is 2.13 bits per heavy atom. The van der Waals surface area contributed by atoms with Gasteiger partial charge in [-0.15, -0.1) is 21.5 Å². The molecule has 0 spiro atoms. The summed E-state index contributed by atoms with van der Waals surface area (Å²) < 4.78 is 19.5. The van der Waals surface area contributed by atoms with E-state index in [2.05, 4.69) is 19.7 Å². The first-order chi connectivity index (χ1) is 14.8. The fourth-order valence-corrected chi connectivity index (χ4v) is 5.33. The number of aromatic nitrogens is 4. The topological polar surface area (TPSA) is 78.4 Å². The first-order valence-electron chi connectivity index (χ1n) is 10.3. The number of morpholine rings is 1. The summed E-state index contributed by atoms with van der Waals surface area (Å²) in [6.07, 6.45) is 2.42. The van der Waals surface area contributed by atoms with Crippen LogP contribution in [0, 0.1) is 6.92 Å². The Kier molecular flexibility index (Phi) is 6.07. The summed E-state index contributed by atoms with van der Waals surface area (Å²) in [5, 5.41) is 12.0. The van der Waals surface area contributed by atoms with Gasteiger partial charge >= 0.3 is 0 Å². The molecule has 0 aromatic carbocycles. The molecule has 1 unspecified atom stereocenters. The van der Waals surface area contributed by atoms with E-state index in [0.29, 0.717) is 11.6 Å². The van der Waals surface area contributed by atoms with Crippen LogP contribution in [0.15, 0.2) is 27.1 Å². The minimum absolute atomic E-state index is 0.222. The van der Waals surface area contributed by atoms with Gasteiger partial charge in [-0.25, -0.2) is 4.98 Å². The van der Waals surface area contributed by atoms with Crippen LogP contribution >= 0.6 is 23.1 Å². The standard InChI is InChI=1S/C20H25N5O3S2/c1-14-16(21-18(28-14)17-5-3-11-29-17)13-30-20-23-22-19(24-6-9-26-10-7-24)25(20)12-15-4-2-8-27-15/h3,5,11,15H,2,4,6-10,12-13H2,1H3. The minimum Gasteiger partial charge on any atom is -0.440 e. The Labute approximate surface area is 183 Å². The second-order valence-corrected chi connectivity index (χ2v) is 9.31. The molecular weight excluding hydrogens is 422 g/mol. The Morgan fingerprint density at radius 1 is 1.23 bits per heavy atom. The molecule has 2 aliphatic rings. The molecule has 0 N–H and O–H groups in total. The van der Waals surface area contributed by atoms with Gasteiger partial charge in [-0.2, -0.15) is 0 Å². The van der Waals surface area contributed by atoms with Crippen LogP contribution in [0.3, 0.4) is 0 Å². The van der Waals surface area contributed by atoms with E-state index in [1.807, 2.05) is 24.4 Å². The van der Waals surface area contributed by atoms with Crippen LogP contribution in [-0.2, 0) is 21.8 Å². The van der Waals surface area contributed by atoms with E-state index in [0.717, 1.165) is 79.7 Å². The highest BCUT2D eigenvalue weighted by molar-refractivity contribution is 7.98. The molecule has 30 heavy (non-hydrogen) atoms. The van der Waals surface area contributed by atoms with Crippen LogP contribution in [0.5, 0.6) is 0 Å². The molecule has 5 heterocycles. The van der Waals surface area contributed by atoms with Crippen LogP contribution in [0.1, 0.15) is 24.3 Å². The van der Waals surface area contributed by atoms with Crippen molar-refractivity contribution in [2.75, 3.05) is 37.8 Å². The summed E-state index contributed by atoms with van der Waals surface area (Å²) in [6.45, 7) is 6.70. The van der Waals surface area contributed by atoms with E-state index in [9.17, 15) is 0 Å². The van der Waals surface area contributed by atoms with Crippen molar-refractivity contribution in [3.8, 4) is 10.8 Å². The van der Waals surface area contributed by atoms with Crippen LogP contribution in [0.4, 0.5) is 5.95 Å². The van der Waals surface area contributed by atoms with Gasteiger partial charge in [0.2, 0.25) is 11.8 Å². The van der Waals surface area contributed by atoms with E-state index < -0.39 is 0 Å². The maximum absolute atomic E-state index is 5.90. The first-order valence-corrected chi connectivity index (χ1v) is 12.1. The van der Waals surface area contributed by atoms with Crippen molar-refractivity contribution >= 4 is 29.0 Å². The first kappa shape index (κ1) is 20.0. The predicted octanol–water partition coefficient (Wildman–Crippen LogP) is 3.61. The lowest BCUT2D eigenvalue weighted by molar-refractivity contribution is 0.0942. The monoisotopic (exact) mass is 447 g/mol. The Hall–Kier alpha value is -1.88. The number of nitrogens with zero attached hydrogens (tertiary/aromatic N) is 5. The van der Waals surface area contributed by atoms with Gasteiger partial charge in [-0.3, -0.25) is 4.57 Å². The Bertz CT molecular complexity index is 959. The molecule has 8 nitrogen and oxygen atoms in total. The third-order valence-electron chi connectivity index (χ3n) is 5.36. The summed E-state index contributed by atoms with van der Waals surface area (Å²) in [6, 6.07) is 4.04. The average Bonchev–Trinajstić information content (AvgIpc) is 3.56. The normalized spacial score (nSPS) is 19.6. The van der Waals surface area contributed by atoms with Crippen LogP contribution in [0.25, 0.3) is 10.8 Å². The third-order valence-corrected chi connectivity index (χ3v) is 7.20. The van der Waals surface area contributed by atoms with Gasteiger partial charge in [-0.05, 0) is 31.2 Å². The van der Waals surface area contributed by atoms with Gasteiger partial charge in [-0.1, -0.05) is 17.8 Å². The molecule has 0 saturated carbocycles. The summed E-state index contributed by atoms with van der Waals surface area (Å²) in [5.41, 5.74) is 0.947. The summed E-state index contributed by atoms with van der Waals surface area (Å²) >= 11 is 3.28. The van der Waals surface area contributed by atoms with Crippen LogP contribution < -0.4 is 4.90 Å². The average molecular weight is 448 g/mol. The third kappa shape index (κ3) is 4.27. The van der Waals surface area contributed by atoms with Gasteiger partial charge in [0.1, 0.15) is 5.76 Å². The fourth-order valence-electron chi connectivity index (χ4n) is 3.74. The molecule has 2 aliphatic heterocycles. The van der Waals surface area contributed by atoms with Gasteiger partial charge < -0.3 is 18.8 Å². The van der Waals surface area contributed by atoms with Crippen molar-refractivity contribution in [3.05, 3.63) is 29.0 Å². The van der Waals surface area contributed by atoms with Crippen molar-refractivity contribution in [3.63, 3.8) is 0 Å². The van der Waals surface area contributed by atoms with Crippen LogP contribution in [-0.4, -0.2) is 58.8 Å². The number of hydrogen-bond acceptors (Lipinski definition) is 9. The molecule has 0 radical (unpaired) electrons. The molecule has 5 rings (SSSR count). The Balaban J connectivity index is 1.35. The molecule has 3 aromatic rings. The largest absolute Gasteiger partial charge is 0.440 e. The van der Waals surface area contributed by atoms with E-state index in [4.69, 9.17) is 18.9 Å². The molecule has 0 amide bonds. The summed E-state index contributed by atoms with van der Waals surface area (Å²) in [7, 11) is 0. The lowest BCUT2D eigenvalue weighted by atomic mass is 10.2. The second kappa shape index (κ2) is 9.09. The van der Waals surface area contributed by atoms with E-state index in [-0.39, 0.29) is 6.10 Å². The van der Waals surface area contributed by atoms with E-state index in [1.165, 1.54) is 0 Å². The lowest BCUT2D eigenvalue weighted by Crippen LogP contribution is -2.38. The number of aryl methyl sites for hydroxylation is 1. The highest BCUT2D eigenvalue weighted by Crippen LogP contribution is 2.31. The number of thioether (sulfide) groups is 1. The zero-order valence-electron chi connectivity index (χ0n) is 17.0. The fraction of sp³-hybridized carbons (Fsp3) is 0.550. The number of oxazole rings is 1. The molecule has 10 heteroatoms. The molecular formula is C20H25N5O3S2. The summed E-state index contributed by atoms with van der Waals surface area (Å²) in [5.74, 6) is 3.14. The molecule has 2 saturated heterocycles. The molecule has 3 aromatic heterocycles. The van der Waals surface area contributed by atoms with Crippen molar-refractivity contribution in [1.82, 2.24) is 19.7 Å². The summed E-state index contributed by atoms with van der Waals surface area (Å²) in [4.78, 5) is 8.01.